The van der Waals surface area contributed by atoms with Crippen LogP contribution in [0.1, 0.15) is 44.9 Å². The van der Waals surface area contributed by atoms with Crippen LogP contribution in [0.3, 0.4) is 0 Å². The number of hydrogen-bond acceptors (Lipinski definition) is 2. The summed E-state index contributed by atoms with van der Waals surface area (Å²) in [5, 5.41) is 3.95. The summed E-state index contributed by atoms with van der Waals surface area (Å²) in [7, 11) is -0.558. The van der Waals surface area contributed by atoms with Gasteiger partial charge in [-0.25, -0.2) is 0 Å². The fraction of sp³-hybridized carbons (Fsp3) is 1.00. The smallest absolute Gasteiger partial charge is 0.0362 e. The summed E-state index contributed by atoms with van der Waals surface area (Å²) >= 11 is 0. The van der Waals surface area contributed by atoms with Gasteiger partial charge in [0.2, 0.25) is 0 Å². The van der Waals surface area contributed by atoms with Crippen molar-refractivity contribution in [2.24, 2.45) is 0 Å². The van der Waals surface area contributed by atoms with E-state index in [9.17, 15) is 4.21 Å². The van der Waals surface area contributed by atoms with E-state index >= 15 is 0 Å². The molecule has 0 aromatic carbocycles. The molecule has 1 atom stereocenters. The molecular weight excluding hydrogens is 194 g/mol. The van der Waals surface area contributed by atoms with Crippen molar-refractivity contribution in [3.8, 4) is 0 Å². The van der Waals surface area contributed by atoms with Crippen LogP contribution < -0.4 is 5.32 Å². The monoisotopic (exact) mass is 215 g/mol. The SMILES string of the molecule is O=S(CCNC1CC1)C1CCCCC1. The van der Waals surface area contributed by atoms with Gasteiger partial charge >= 0.3 is 0 Å². The molecule has 2 fully saturated rings. The first kappa shape index (κ1) is 10.6. The molecule has 2 nitrogen and oxygen atoms in total. The average molecular weight is 215 g/mol. The van der Waals surface area contributed by atoms with E-state index in [-0.39, 0.29) is 0 Å². The summed E-state index contributed by atoms with van der Waals surface area (Å²) < 4.78 is 11.9. The summed E-state index contributed by atoms with van der Waals surface area (Å²) in [4.78, 5) is 0. The Labute approximate surface area is 89.3 Å². The first-order chi connectivity index (χ1) is 6.86. The highest BCUT2D eigenvalue weighted by atomic mass is 32.2. The molecule has 2 rings (SSSR count). The zero-order chi connectivity index (χ0) is 9.80. The van der Waals surface area contributed by atoms with E-state index in [4.69, 9.17) is 0 Å². The molecule has 82 valence electrons. The second kappa shape index (κ2) is 5.26. The average Bonchev–Trinajstić information content (AvgIpc) is 3.03. The van der Waals surface area contributed by atoms with E-state index in [1.54, 1.807) is 0 Å². The molecule has 2 saturated carbocycles. The van der Waals surface area contributed by atoms with Crippen molar-refractivity contribution in [3.05, 3.63) is 0 Å². The van der Waals surface area contributed by atoms with Crippen LogP contribution in [0.5, 0.6) is 0 Å². The molecule has 3 heteroatoms. The van der Waals surface area contributed by atoms with Gasteiger partial charge in [0.15, 0.2) is 0 Å². The van der Waals surface area contributed by atoms with Gasteiger partial charge in [0, 0.05) is 34.4 Å². The third kappa shape index (κ3) is 3.35. The highest BCUT2D eigenvalue weighted by molar-refractivity contribution is 7.85. The van der Waals surface area contributed by atoms with Gasteiger partial charge in [0.1, 0.15) is 0 Å². The Morgan fingerprint density at radius 3 is 2.43 bits per heavy atom. The predicted molar refractivity (Wildman–Crippen MR) is 60.9 cm³/mol. The van der Waals surface area contributed by atoms with Crippen molar-refractivity contribution >= 4 is 10.8 Å². The summed E-state index contributed by atoms with van der Waals surface area (Å²) in [6, 6.07) is 0.762. The maximum atomic E-state index is 11.9. The highest BCUT2D eigenvalue weighted by Crippen LogP contribution is 2.22. The van der Waals surface area contributed by atoms with Crippen LogP contribution in [0.15, 0.2) is 0 Å². The Hall–Kier alpha value is 0.110. The first-order valence-electron chi connectivity index (χ1n) is 5.97. The molecule has 2 aliphatic carbocycles. The van der Waals surface area contributed by atoms with Crippen LogP contribution >= 0.6 is 0 Å². The Morgan fingerprint density at radius 1 is 1.07 bits per heavy atom. The number of rotatable bonds is 5. The Morgan fingerprint density at radius 2 is 1.79 bits per heavy atom. The summed E-state index contributed by atoms with van der Waals surface area (Å²) in [6.45, 7) is 0.966. The first-order valence-corrected chi connectivity index (χ1v) is 7.35. The molecule has 0 bridgehead atoms. The van der Waals surface area contributed by atoms with Crippen molar-refractivity contribution < 1.29 is 4.21 Å². The van der Waals surface area contributed by atoms with Crippen LogP contribution in [0, 0.1) is 0 Å². The van der Waals surface area contributed by atoms with Gasteiger partial charge in [-0.1, -0.05) is 19.3 Å². The minimum atomic E-state index is -0.558. The minimum Gasteiger partial charge on any atom is -0.313 e. The Bertz CT molecular complexity index is 197. The molecule has 0 saturated heterocycles. The van der Waals surface area contributed by atoms with Gasteiger partial charge < -0.3 is 5.32 Å². The van der Waals surface area contributed by atoms with Crippen molar-refractivity contribution in [1.82, 2.24) is 5.32 Å². The molecule has 1 unspecified atom stereocenters. The standard InChI is InChI=1S/C11H21NOS/c13-14(9-8-12-10-6-7-10)11-4-2-1-3-5-11/h10-12H,1-9H2. The molecule has 0 radical (unpaired) electrons. The predicted octanol–water partition coefficient (Wildman–Crippen LogP) is 1.82. The lowest BCUT2D eigenvalue weighted by Crippen LogP contribution is -2.28. The van der Waals surface area contributed by atoms with Crippen LogP contribution in [-0.2, 0) is 10.8 Å². The molecule has 0 amide bonds. The zero-order valence-corrected chi connectivity index (χ0v) is 9.65. The lowest BCUT2D eigenvalue weighted by atomic mass is 10.0. The molecule has 2 aliphatic rings. The lowest BCUT2D eigenvalue weighted by Gasteiger charge is -2.20. The third-order valence-electron chi connectivity index (χ3n) is 3.24. The van der Waals surface area contributed by atoms with Gasteiger partial charge in [-0.15, -0.1) is 0 Å². The fourth-order valence-corrected chi connectivity index (χ4v) is 3.66. The van der Waals surface area contributed by atoms with Gasteiger partial charge in [-0.05, 0) is 25.7 Å². The van der Waals surface area contributed by atoms with Crippen molar-refractivity contribution in [3.63, 3.8) is 0 Å². The van der Waals surface area contributed by atoms with E-state index in [1.165, 1.54) is 44.9 Å². The maximum Gasteiger partial charge on any atom is 0.0362 e. The molecule has 0 aromatic rings. The second-order valence-corrected chi connectivity index (χ2v) is 6.41. The van der Waals surface area contributed by atoms with Crippen molar-refractivity contribution in [1.29, 1.82) is 0 Å². The van der Waals surface area contributed by atoms with Gasteiger partial charge in [0.05, 0.1) is 0 Å². The fourth-order valence-electron chi connectivity index (χ4n) is 2.15. The van der Waals surface area contributed by atoms with E-state index < -0.39 is 10.8 Å². The third-order valence-corrected chi connectivity index (χ3v) is 5.06. The summed E-state index contributed by atoms with van der Waals surface area (Å²) in [6.07, 6.45) is 9.02. The topological polar surface area (TPSA) is 29.1 Å². The van der Waals surface area contributed by atoms with Crippen LogP contribution in [-0.4, -0.2) is 27.8 Å². The van der Waals surface area contributed by atoms with Gasteiger partial charge in [-0.3, -0.25) is 4.21 Å². The van der Waals surface area contributed by atoms with E-state index in [1.807, 2.05) is 0 Å². The molecule has 14 heavy (non-hydrogen) atoms. The number of hydrogen-bond donors (Lipinski definition) is 1. The lowest BCUT2D eigenvalue weighted by molar-refractivity contribution is 0.504. The molecule has 0 aromatic heterocycles. The van der Waals surface area contributed by atoms with E-state index in [0.29, 0.717) is 5.25 Å². The van der Waals surface area contributed by atoms with E-state index in [0.717, 1.165) is 18.3 Å². The van der Waals surface area contributed by atoms with E-state index in [2.05, 4.69) is 5.32 Å². The Balaban J connectivity index is 1.60. The van der Waals surface area contributed by atoms with Gasteiger partial charge in [-0.2, -0.15) is 0 Å². The highest BCUT2D eigenvalue weighted by Gasteiger charge is 2.22. The largest absolute Gasteiger partial charge is 0.313 e. The minimum absolute atomic E-state index is 0.518. The number of nitrogens with one attached hydrogen (secondary N) is 1. The molecular formula is C11H21NOS. The molecule has 1 N–H and O–H groups in total. The summed E-state index contributed by atoms with van der Waals surface area (Å²) in [5.41, 5.74) is 0. The van der Waals surface area contributed by atoms with Gasteiger partial charge in [0.25, 0.3) is 0 Å². The Kier molecular flexibility index (Phi) is 3.99. The van der Waals surface area contributed by atoms with Crippen LogP contribution in [0.2, 0.25) is 0 Å². The molecule has 0 aliphatic heterocycles. The molecule has 0 heterocycles. The maximum absolute atomic E-state index is 11.9. The van der Waals surface area contributed by atoms with Crippen LogP contribution in [0.25, 0.3) is 0 Å². The molecule has 0 spiro atoms. The summed E-state index contributed by atoms with van der Waals surface area (Å²) in [5.74, 6) is 0.876. The van der Waals surface area contributed by atoms with Crippen LogP contribution in [0.4, 0.5) is 0 Å². The normalized spacial score (nSPS) is 26.3. The van der Waals surface area contributed by atoms with Crippen molar-refractivity contribution in [2.75, 3.05) is 12.3 Å². The second-order valence-electron chi connectivity index (χ2n) is 4.57. The quantitative estimate of drug-likeness (QED) is 0.758. The van der Waals surface area contributed by atoms with Crippen molar-refractivity contribution in [2.45, 2.75) is 56.2 Å². The zero-order valence-electron chi connectivity index (χ0n) is 8.84.